The van der Waals surface area contributed by atoms with Crippen LogP contribution >= 0.6 is 0 Å². The van der Waals surface area contributed by atoms with Gasteiger partial charge in [-0.05, 0) is 44.0 Å². The van der Waals surface area contributed by atoms with Gasteiger partial charge < -0.3 is 10.1 Å². The van der Waals surface area contributed by atoms with Gasteiger partial charge in [-0.3, -0.25) is 24.1 Å². The van der Waals surface area contributed by atoms with Crippen LogP contribution in [-0.2, 0) is 33.9 Å². The molecule has 3 amide bonds. The molecule has 1 aromatic rings. The standard InChI is InChI=1S/C19H23N3O7S/c1-11(17(24)21-12-6-8-13(9-7-12)30(20,27)28)29-16(23)10-22-18(25)14-4-2-3-5-15(14)19(22)26/h6-9,11,14-15H,2-5,10H2,1H3,(H,21,24)(H2,20,27,28)/t11-,14-,15+/m0/s1. The minimum atomic E-state index is -3.85. The number of fused-ring (bicyclic) bond motifs is 1. The number of benzene rings is 1. The van der Waals surface area contributed by atoms with E-state index in [2.05, 4.69) is 5.32 Å². The first-order valence-corrected chi connectivity index (χ1v) is 11.1. The van der Waals surface area contributed by atoms with Gasteiger partial charge in [0.15, 0.2) is 6.10 Å². The van der Waals surface area contributed by atoms with Crippen molar-refractivity contribution in [1.82, 2.24) is 4.90 Å². The molecule has 30 heavy (non-hydrogen) atoms. The first-order valence-electron chi connectivity index (χ1n) is 9.56. The Bertz CT molecular complexity index is 950. The lowest BCUT2D eigenvalue weighted by atomic mass is 9.81. The number of nitrogens with two attached hydrogens (primary N) is 1. The Hall–Kier alpha value is -2.79. The highest BCUT2D eigenvalue weighted by atomic mass is 32.2. The summed E-state index contributed by atoms with van der Waals surface area (Å²) in [5, 5.41) is 7.49. The molecule has 3 N–H and O–H groups in total. The Morgan fingerprint density at radius 1 is 1.13 bits per heavy atom. The molecule has 1 saturated heterocycles. The summed E-state index contributed by atoms with van der Waals surface area (Å²) in [4.78, 5) is 50.1. The number of esters is 1. The van der Waals surface area contributed by atoms with Gasteiger partial charge in [-0.25, -0.2) is 13.6 Å². The van der Waals surface area contributed by atoms with Crippen molar-refractivity contribution < 1.29 is 32.3 Å². The van der Waals surface area contributed by atoms with Crippen LogP contribution in [0.25, 0.3) is 0 Å². The molecule has 11 heteroatoms. The highest BCUT2D eigenvalue weighted by molar-refractivity contribution is 7.89. The normalized spacial score (nSPS) is 22.4. The Labute approximate surface area is 173 Å². The number of carbonyl (C=O) groups is 4. The molecule has 162 valence electrons. The van der Waals surface area contributed by atoms with Crippen LogP contribution in [0.1, 0.15) is 32.6 Å². The third kappa shape index (κ3) is 4.68. The van der Waals surface area contributed by atoms with Crippen LogP contribution in [0.4, 0.5) is 5.69 Å². The summed E-state index contributed by atoms with van der Waals surface area (Å²) in [5.41, 5.74) is 0.282. The Kier molecular flexibility index (Phi) is 6.22. The van der Waals surface area contributed by atoms with Gasteiger partial charge in [-0.1, -0.05) is 12.8 Å². The molecule has 0 aromatic heterocycles. The van der Waals surface area contributed by atoms with Crippen LogP contribution < -0.4 is 10.5 Å². The summed E-state index contributed by atoms with van der Waals surface area (Å²) in [5.74, 6) is -2.94. The fourth-order valence-electron chi connectivity index (χ4n) is 3.78. The van der Waals surface area contributed by atoms with Crippen molar-refractivity contribution in [2.45, 2.75) is 43.6 Å². The SMILES string of the molecule is C[C@H](OC(=O)CN1C(=O)[C@H]2CCCC[C@H]2C1=O)C(=O)Nc1ccc(S(N)(=O)=O)cc1. The quantitative estimate of drug-likeness (QED) is 0.482. The van der Waals surface area contributed by atoms with Gasteiger partial charge in [-0.15, -0.1) is 0 Å². The summed E-state index contributed by atoms with van der Waals surface area (Å²) in [6.07, 6.45) is 1.86. The van der Waals surface area contributed by atoms with Crippen molar-refractivity contribution >= 4 is 39.4 Å². The van der Waals surface area contributed by atoms with Crippen LogP contribution in [0.5, 0.6) is 0 Å². The summed E-state index contributed by atoms with van der Waals surface area (Å²) in [6.45, 7) is 0.824. The maximum atomic E-state index is 12.4. The Morgan fingerprint density at radius 3 is 2.17 bits per heavy atom. The molecule has 3 rings (SSSR count). The molecule has 10 nitrogen and oxygen atoms in total. The fraction of sp³-hybridized carbons (Fsp3) is 0.474. The van der Waals surface area contributed by atoms with Crippen molar-refractivity contribution in [3.63, 3.8) is 0 Å². The molecule has 0 unspecified atom stereocenters. The molecule has 0 spiro atoms. The number of sulfonamides is 1. The van der Waals surface area contributed by atoms with E-state index in [1.54, 1.807) is 0 Å². The van der Waals surface area contributed by atoms with E-state index in [9.17, 15) is 27.6 Å². The number of amides is 3. The molecule has 1 heterocycles. The zero-order chi connectivity index (χ0) is 22.1. The van der Waals surface area contributed by atoms with Crippen LogP contribution in [0.3, 0.4) is 0 Å². The van der Waals surface area contributed by atoms with E-state index in [0.717, 1.165) is 17.7 Å². The van der Waals surface area contributed by atoms with Crippen LogP contribution in [-0.4, -0.2) is 49.7 Å². The number of nitrogens with zero attached hydrogens (tertiary/aromatic N) is 1. The van der Waals surface area contributed by atoms with E-state index in [1.165, 1.54) is 31.2 Å². The monoisotopic (exact) mass is 437 g/mol. The maximum absolute atomic E-state index is 12.4. The number of ether oxygens (including phenoxy) is 1. The summed E-state index contributed by atoms with van der Waals surface area (Å²) >= 11 is 0. The molecule has 2 fully saturated rings. The molecule has 1 saturated carbocycles. The largest absolute Gasteiger partial charge is 0.451 e. The summed E-state index contributed by atoms with van der Waals surface area (Å²) in [7, 11) is -3.85. The first kappa shape index (κ1) is 21.9. The number of hydrogen-bond donors (Lipinski definition) is 2. The number of likely N-dealkylation sites (tertiary alicyclic amines) is 1. The van der Waals surface area contributed by atoms with Crippen LogP contribution in [0.15, 0.2) is 29.2 Å². The van der Waals surface area contributed by atoms with Gasteiger partial charge in [0, 0.05) is 5.69 Å². The van der Waals surface area contributed by atoms with Crippen molar-refractivity contribution in [2.75, 3.05) is 11.9 Å². The van der Waals surface area contributed by atoms with Crippen LogP contribution in [0, 0.1) is 11.8 Å². The lowest BCUT2D eigenvalue weighted by Gasteiger charge is -2.19. The van der Waals surface area contributed by atoms with Gasteiger partial charge in [0.25, 0.3) is 5.91 Å². The zero-order valence-corrected chi connectivity index (χ0v) is 17.2. The van der Waals surface area contributed by atoms with Crippen LogP contribution in [0.2, 0.25) is 0 Å². The second-order valence-corrected chi connectivity index (χ2v) is 9.01. The van der Waals surface area contributed by atoms with E-state index in [4.69, 9.17) is 9.88 Å². The molecular formula is C19H23N3O7S. The lowest BCUT2D eigenvalue weighted by Crippen LogP contribution is -2.39. The predicted octanol–water partition coefficient (Wildman–Crippen LogP) is 0.379. The van der Waals surface area contributed by atoms with Crippen molar-refractivity contribution in [3.05, 3.63) is 24.3 Å². The summed E-state index contributed by atoms with van der Waals surface area (Å²) < 4.78 is 27.6. The average molecular weight is 437 g/mol. The number of carbonyl (C=O) groups excluding carboxylic acids is 4. The number of anilines is 1. The van der Waals surface area contributed by atoms with Gasteiger partial charge >= 0.3 is 5.97 Å². The minimum absolute atomic E-state index is 0.111. The molecule has 0 radical (unpaired) electrons. The molecule has 1 aliphatic heterocycles. The van der Waals surface area contributed by atoms with Gasteiger partial charge in [-0.2, -0.15) is 0 Å². The highest BCUT2D eigenvalue weighted by Crippen LogP contribution is 2.37. The molecule has 0 bridgehead atoms. The topological polar surface area (TPSA) is 153 Å². The lowest BCUT2D eigenvalue weighted by molar-refractivity contribution is -0.158. The molecule has 1 aromatic carbocycles. The van der Waals surface area contributed by atoms with Gasteiger partial charge in [0.1, 0.15) is 6.54 Å². The van der Waals surface area contributed by atoms with Crippen molar-refractivity contribution in [2.24, 2.45) is 17.0 Å². The fourth-order valence-corrected chi connectivity index (χ4v) is 4.29. The minimum Gasteiger partial charge on any atom is -0.451 e. The predicted molar refractivity (Wildman–Crippen MR) is 104 cm³/mol. The van der Waals surface area contributed by atoms with Gasteiger partial charge in [0.05, 0.1) is 16.7 Å². The summed E-state index contributed by atoms with van der Waals surface area (Å²) in [6, 6.07) is 5.14. The van der Waals surface area contributed by atoms with E-state index in [1.807, 2.05) is 0 Å². The smallest absolute Gasteiger partial charge is 0.326 e. The second-order valence-electron chi connectivity index (χ2n) is 7.45. The average Bonchev–Trinajstić information content (AvgIpc) is 2.93. The van der Waals surface area contributed by atoms with E-state index in [0.29, 0.717) is 12.8 Å². The van der Waals surface area contributed by atoms with Crippen molar-refractivity contribution in [3.8, 4) is 0 Å². The number of hydrogen-bond acceptors (Lipinski definition) is 7. The number of imide groups is 1. The highest BCUT2D eigenvalue weighted by Gasteiger charge is 2.48. The third-order valence-corrected chi connectivity index (χ3v) is 6.28. The van der Waals surface area contributed by atoms with E-state index < -0.39 is 34.5 Å². The second kappa shape index (κ2) is 8.52. The molecular weight excluding hydrogens is 414 g/mol. The van der Waals surface area contributed by atoms with Gasteiger partial charge in [0.2, 0.25) is 21.8 Å². The maximum Gasteiger partial charge on any atom is 0.326 e. The third-order valence-electron chi connectivity index (χ3n) is 5.35. The Balaban J connectivity index is 1.54. The molecule has 3 atom stereocenters. The van der Waals surface area contributed by atoms with E-state index in [-0.39, 0.29) is 34.2 Å². The molecule has 2 aliphatic rings. The number of rotatable bonds is 6. The number of nitrogens with one attached hydrogen (secondary N) is 1. The first-order chi connectivity index (χ1) is 14.1. The Morgan fingerprint density at radius 2 is 1.67 bits per heavy atom. The van der Waals surface area contributed by atoms with Crippen molar-refractivity contribution in [1.29, 1.82) is 0 Å². The van der Waals surface area contributed by atoms with E-state index >= 15 is 0 Å². The zero-order valence-electron chi connectivity index (χ0n) is 16.4. The molecule has 1 aliphatic carbocycles. The number of primary sulfonamides is 1.